The van der Waals surface area contributed by atoms with Gasteiger partial charge in [0.25, 0.3) is 11.6 Å². The molecule has 2 aromatic rings. The van der Waals surface area contributed by atoms with Crippen LogP contribution in [0, 0.1) is 15.9 Å². The van der Waals surface area contributed by atoms with Gasteiger partial charge in [-0.3, -0.25) is 19.7 Å². The zero-order valence-electron chi connectivity index (χ0n) is 12.6. The second-order valence-corrected chi connectivity index (χ2v) is 4.85. The number of nitrogens with one attached hydrogen (secondary N) is 1. The predicted molar refractivity (Wildman–Crippen MR) is 83.6 cm³/mol. The van der Waals surface area contributed by atoms with Gasteiger partial charge in [0.15, 0.2) is 24.0 Å². The van der Waals surface area contributed by atoms with Crippen molar-refractivity contribution in [3.05, 3.63) is 64.0 Å². The number of halogens is 1. The summed E-state index contributed by atoms with van der Waals surface area (Å²) in [5.74, 6) is -1.91. The van der Waals surface area contributed by atoms with Crippen LogP contribution in [0.5, 0.6) is 5.75 Å². The fourth-order valence-corrected chi connectivity index (χ4v) is 1.88. The van der Waals surface area contributed by atoms with Crippen LogP contribution in [0.15, 0.2) is 42.5 Å². The Bertz CT molecular complexity index is 807. The Kier molecular flexibility index (Phi) is 5.20. The summed E-state index contributed by atoms with van der Waals surface area (Å²) in [5, 5.41) is 13.0. The zero-order chi connectivity index (χ0) is 17.7. The lowest BCUT2D eigenvalue weighted by Crippen LogP contribution is -2.20. The van der Waals surface area contributed by atoms with E-state index in [2.05, 4.69) is 5.32 Å². The molecule has 0 heterocycles. The number of amides is 1. The van der Waals surface area contributed by atoms with Crippen molar-refractivity contribution in [1.82, 2.24) is 0 Å². The van der Waals surface area contributed by atoms with Crippen LogP contribution in [-0.2, 0) is 4.79 Å². The minimum Gasteiger partial charge on any atom is -0.481 e. The van der Waals surface area contributed by atoms with Gasteiger partial charge in [0.1, 0.15) is 0 Å². The van der Waals surface area contributed by atoms with Crippen LogP contribution >= 0.6 is 0 Å². The van der Waals surface area contributed by atoms with Gasteiger partial charge in [-0.1, -0.05) is 12.1 Å². The van der Waals surface area contributed by atoms with Gasteiger partial charge in [0.05, 0.1) is 11.0 Å². The fourth-order valence-electron chi connectivity index (χ4n) is 1.88. The molecule has 0 saturated carbocycles. The molecule has 8 heteroatoms. The van der Waals surface area contributed by atoms with E-state index in [1.54, 1.807) is 18.2 Å². The van der Waals surface area contributed by atoms with Crippen molar-refractivity contribution in [2.45, 2.75) is 6.92 Å². The molecule has 1 amide bonds. The highest BCUT2D eigenvalue weighted by Crippen LogP contribution is 2.22. The van der Waals surface area contributed by atoms with Crippen molar-refractivity contribution in [2.75, 3.05) is 11.9 Å². The third-order valence-corrected chi connectivity index (χ3v) is 3.04. The van der Waals surface area contributed by atoms with E-state index in [1.807, 2.05) is 0 Å². The molecule has 2 rings (SSSR count). The number of hydrogen-bond donors (Lipinski definition) is 1. The van der Waals surface area contributed by atoms with Gasteiger partial charge in [-0.25, -0.2) is 4.39 Å². The molecule has 0 radical (unpaired) electrons. The maximum atomic E-state index is 13.6. The molecule has 0 aliphatic heterocycles. The number of non-ortho nitro benzene ring substituents is 1. The molecule has 0 spiro atoms. The van der Waals surface area contributed by atoms with E-state index in [-0.39, 0.29) is 11.5 Å². The van der Waals surface area contributed by atoms with Crippen molar-refractivity contribution < 1.29 is 23.6 Å². The van der Waals surface area contributed by atoms with Crippen LogP contribution < -0.4 is 10.1 Å². The number of carbonyl (C=O) groups is 2. The van der Waals surface area contributed by atoms with Gasteiger partial charge in [-0.05, 0) is 25.1 Å². The van der Waals surface area contributed by atoms with E-state index < -0.39 is 28.9 Å². The largest absolute Gasteiger partial charge is 0.481 e. The highest BCUT2D eigenvalue weighted by Gasteiger charge is 2.13. The number of rotatable bonds is 6. The summed E-state index contributed by atoms with van der Waals surface area (Å²) in [6.45, 7) is 0.917. The normalized spacial score (nSPS) is 10.1. The molecule has 0 saturated heterocycles. The molecule has 0 aliphatic carbocycles. The zero-order valence-corrected chi connectivity index (χ0v) is 12.6. The van der Waals surface area contributed by atoms with E-state index >= 15 is 0 Å². The van der Waals surface area contributed by atoms with Crippen LogP contribution in [0.25, 0.3) is 0 Å². The van der Waals surface area contributed by atoms with Crippen molar-refractivity contribution in [1.29, 1.82) is 0 Å². The first-order chi connectivity index (χ1) is 11.4. The Hall–Kier alpha value is -3.29. The van der Waals surface area contributed by atoms with Crippen molar-refractivity contribution in [2.24, 2.45) is 0 Å². The number of anilines is 1. The maximum absolute atomic E-state index is 13.6. The molecule has 0 atom stereocenters. The maximum Gasteiger partial charge on any atom is 0.272 e. The van der Waals surface area contributed by atoms with Gasteiger partial charge < -0.3 is 10.1 Å². The summed E-state index contributed by atoms with van der Waals surface area (Å²) >= 11 is 0. The number of nitro groups is 1. The molecular formula is C16H13FN2O5. The number of carbonyl (C=O) groups excluding carboxylic acids is 2. The Morgan fingerprint density at radius 1 is 1.25 bits per heavy atom. The van der Waals surface area contributed by atoms with Gasteiger partial charge in [0, 0.05) is 17.3 Å². The summed E-state index contributed by atoms with van der Waals surface area (Å²) in [7, 11) is 0. The molecule has 0 unspecified atom stereocenters. The average molecular weight is 332 g/mol. The Labute approximate surface area is 136 Å². The molecule has 24 heavy (non-hydrogen) atoms. The average Bonchev–Trinajstić information content (AvgIpc) is 2.53. The number of hydrogen-bond acceptors (Lipinski definition) is 5. The van der Waals surface area contributed by atoms with E-state index in [0.717, 1.165) is 12.1 Å². The van der Waals surface area contributed by atoms with Crippen LogP contribution in [-0.4, -0.2) is 23.2 Å². The summed E-state index contributed by atoms with van der Waals surface area (Å²) in [4.78, 5) is 32.9. The molecule has 0 fully saturated rings. The van der Waals surface area contributed by atoms with Crippen molar-refractivity contribution in [3.8, 4) is 5.75 Å². The molecule has 0 aromatic heterocycles. The first-order valence-electron chi connectivity index (χ1n) is 6.84. The third kappa shape index (κ3) is 4.35. The molecule has 2 aromatic carbocycles. The molecular weight excluding hydrogens is 319 g/mol. The summed E-state index contributed by atoms with van der Waals surface area (Å²) in [6.07, 6.45) is 0. The first kappa shape index (κ1) is 17.1. The minimum absolute atomic E-state index is 0.143. The number of ether oxygens (including phenoxy) is 1. The SMILES string of the molecule is CC(=O)c1cccc(NC(=O)COc2ccc([N+](=O)[O-])cc2F)c1. The van der Waals surface area contributed by atoms with E-state index in [9.17, 15) is 24.1 Å². The first-order valence-corrected chi connectivity index (χ1v) is 6.84. The van der Waals surface area contributed by atoms with Gasteiger partial charge in [-0.15, -0.1) is 0 Å². The van der Waals surface area contributed by atoms with Gasteiger partial charge in [0.2, 0.25) is 0 Å². The fraction of sp³-hybridized carbons (Fsp3) is 0.125. The quantitative estimate of drug-likeness (QED) is 0.498. The summed E-state index contributed by atoms with van der Waals surface area (Å²) in [6, 6.07) is 9.20. The molecule has 1 N–H and O–H groups in total. The summed E-state index contributed by atoms with van der Waals surface area (Å²) in [5.41, 5.74) is 0.431. The predicted octanol–water partition coefficient (Wildman–Crippen LogP) is 2.95. The minimum atomic E-state index is -0.935. The molecule has 0 bridgehead atoms. The number of ketones is 1. The number of nitrogens with zero attached hydrogens (tertiary/aromatic N) is 1. The standard InChI is InChI=1S/C16H13FN2O5/c1-10(20)11-3-2-4-12(7-11)18-16(21)9-24-15-6-5-13(19(22)23)8-14(15)17/h2-8H,9H2,1H3,(H,18,21). The number of benzene rings is 2. The highest BCUT2D eigenvalue weighted by atomic mass is 19.1. The third-order valence-electron chi connectivity index (χ3n) is 3.04. The van der Waals surface area contributed by atoms with Crippen LogP contribution in [0.3, 0.4) is 0 Å². The van der Waals surface area contributed by atoms with Gasteiger partial charge in [-0.2, -0.15) is 0 Å². The summed E-state index contributed by atoms with van der Waals surface area (Å²) < 4.78 is 18.6. The number of nitro benzene ring substituents is 1. The molecule has 124 valence electrons. The van der Waals surface area contributed by atoms with Crippen LogP contribution in [0.2, 0.25) is 0 Å². The molecule has 7 nitrogen and oxygen atoms in total. The van der Waals surface area contributed by atoms with E-state index in [4.69, 9.17) is 4.74 Å². The van der Waals surface area contributed by atoms with Gasteiger partial charge >= 0.3 is 0 Å². The Morgan fingerprint density at radius 2 is 2.00 bits per heavy atom. The Balaban J connectivity index is 1.97. The topological polar surface area (TPSA) is 98.5 Å². The van der Waals surface area contributed by atoms with Crippen LogP contribution in [0.4, 0.5) is 15.8 Å². The second-order valence-electron chi connectivity index (χ2n) is 4.85. The number of Topliss-reactive ketones (excluding diaryl/α,β-unsaturated/α-hetero) is 1. The second kappa shape index (κ2) is 7.32. The lowest BCUT2D eigenvalue weighted by molar-refractivity contribution is -0.385. The van der Waals surface area contributed by atoms with Crippen molar-refractivity contribution in [3.63, 3.8) is 0 Å². The van der Waals surface area contributed by atoms with Crippen molar-refractivity contribution >= 4 is 23.1 Å². The van der Waals surface area contributed by atoms with E-state index in [0.29, 0.717) is 17.3 Å². The Morgan fingerprint density at radius 3 is 2.62 bits per heavy atom. The monoisotopic (exact) mass is 332 g/mol. The van der Waals surface area contributed by atoms with Crippen LogP contribution in [0.1, 0.15) is 17.3 Å². The lowest BCUT2D eigenvalue weighted by atomic mass is 10.1. The highest BCUT2D eigenvalue weighted by molar-refractivity contribution is 5.97. The smallest absolute Gasteiger partial charge is 0.272 e. The lowest BCUT2D eigenvalue weighted by Gasteiger charge is -2.08. The van der Waals surface area contributed by atoms with E-state index in [1.165, 1.54) is 13.0 Å². The molecule has 0 aliphatic rings.